The van der Waals surface area contributed by atoms with Crippen LogP contribution in [0.4, 0.5) is 0 Å². The molecule has 1 aliphatic carbocycles. The zero-order valence-electron chi connectivity index (χ0n) is 9.60. The second-order valence-electron chi connectivity index (χ2n) is 5.49. The van der Waals surface area contributed by atoms with Crippen molar-refractivity contribution in [2.24, 2.45) is 5.41 Å². The molecule has 1 aromatic carbocycles. The van der Waals surface area contributed by atoms with Crippen molar-refractivity contribution in [1.29, 1.82) is 0 Å². The maximum Gasteiger partial charge on any atom is 0.0476 e. The molecule has 0 N–H and O–H groups in total. The third-order valence-corrected chi connectivity index (χ3v) is 3.18. The average Bonchev–Trinajstić information content (AvgIpc) is 2.42. The quantitative estimate of drug-likeness (QED) is 0.648. The van der Waals surface area contributed by atoms with Crippen molar-refractivity contribution in [2.75, 3.05) is 0 Å². The van der Waals surface area contributed by atoms with Crippen molar-refractivity contribution in [3.63, 3.8) is 0 Å². The summed E-state index contributed by atoms with van der Waals surface area (Å²) >= 11 is 6.39. The summed E-state index contributed by atoms with van der Waals surface area (Å²) in [6.07, 6.45) is 2.12. The van der Waals surface area contributed by atoms with E-state index in [1.54, 1.807) is 0 Å². The number of fused-ring (bicyclic) bond motifs is 1. The molecule has 0 heterocycles. The maximum atomic E-state index is 6.39. The van der Waals surface area contributed by atoms with Gasteiger partial charge in [-0.3, -0.25) is 0 Å². The van der Waals surface area contributed by atoms with Crippen LogP contribution in [0, 0.1) is 5.41 Å². The third kappa shape index (κ3) is 2.26. The Kier molecular flexibility index (Phi) is 2.64. The van der Waals surface area contributed by atoms with Gasteiger partial charge in [0, 0.05) is 5.03 Å². The molecule has 0 fully saturated rings. The molecule has 0 unspecified atom stereocenters. The molecule has 0 saturated heterocycles. The van der Waals surface area contributed by atoms with Crippen LogP contribution in [0.3, 0.4) is 0 Å². The predicted octanol–water partition coefficient (Wildman–Crippen LogP) is 4.63. The van der Waals surface area contributed by atoms with Crippen molar-refractivity contribution in [3.05, 3.63) is 41.0 Å². The van der Waals surface area contributed by atoms with Crippen molar-refractivity contribution < 1.29 is 0 Å². The van der Waals surface area contributed by atoms with E-state index in [4.69, 9.17) is 11.6 Å². The standard InChI is InChI=1S/C14H17Cl/c1-14(2,3)9-11-8-10-6-4-5-7-12(10)13(11)15/h4-7H,8-9H2,1-3H3. The Morgan fingerprint density at radius 3 is 2.47 bits per heavy atom. The van der Waals surface area contributed by atoms with Gasteiger partial charge in [0.15, 0.2) is 0 Å². The summed E-state index contributed by atoms with van der Waals surface area (Å²) in [6, 6.07) is 8.44. The number of rotatable bonds is 1. The molecule has 0 saturated carbocycles. The van der Waals surface area contributed by atoms with E-state index in [-0.39, 0.29) is 0 Å². The molecule has 0 nitrogen and oxygen atoms in total. The Morgan fingerprint density at radius 1 is 1.20 bits per heavy atom. The van der Waals surface area contributed by atoms with Crippen LogP contribution in [0.25, 0.3) is 5.03 Å². The average molecular weight is 221 g/mol. The van der Waals surface area contributed by atoms with Crippen LogP contribution < -0.4 is 0 Å². The zero-order chi connectivity index (χ0) is 11.1. The fourth-order valence-electron chi connectivity index (χ4n) is 2.17. The molecule has 1 aliphatic rings. The first-order valence-electron chi connectivity index (χ1n) is 5.43. The molecule has 0 atom stereocenters. The molecule has 1 heteroatoms. The van der Waals surface area contributed by atoms with Gasteiger partial charge in [0.05, 0.1) is 0 Å². The topological polar surface area (TPSA) is 0 Å². The molecule has 2 rings (SSSR count). The normalized spacial score (nSPS) is 15.7. The van der Waals surface area contributed by atoms with E-state index in [1.807, 2.05) is 0 Å². The summed E-state index contributed by atoms with van der Waals surface area (Å²) in [5, 5.41) is 0.987. The van der Waals surface area contributed by atoms with Gasteiger partial charge in [0.1, 0.15) is 0 Å². The lowest BCUT2D eigenvalue weighted by atomic mass is 9.87. The molecule has 0 spiro atoms. The highest BCUT2D eigenvalue weighted by molar-refractivity contribution is 6.50. The van der Waals surface area contributed by atoms with Crippen molar-refractivity contribution in [1.82, 2.24) is 0 Å². The van der Waals surface area contributed by atoms with Crippen LogP contribution in [0.1, 0.15) is 38.3 Å². The van der Waals surface area contributed by atoms with E-state index in [1.165, 1.54) is 16.7 Å². The molecule has 1 aromatic rings. The lowest BCUT2D eigenvalue weighted by Crippen LogP contribution is -2.06. The monoisotopic (exact) mass is 220 g/mol. The summed E-state index contributed by atoms with van der Waals surface area (Å²) < 4.78 is 0. The van der Waals surface area contributed by atoms with Gasteiger partial charge in [0.25, 0.3) is 0 Å². The summed E-state index contributed by atoms with van der Waals surface area (Å²) in [5.74, 6) is 0. The van der Waals surface area contributed by atoms with Gasteiger partial charge in [0.2, 0.25) is 0 Å². The number of hydrogen-bond acceptors (Lipinski definition) is 0. The maximum absolute atomic E-state index is 6.39. The largest absolute Gasteiger partial charge is 0.0837 e. The van der Waals surface area contributed by atoms with Crippen LogP contribution >= 0.6 is 11.6 Å². The Morgan fingerprint density at radius 2 is 1.87 bits per heavy atom. The number of hydrogen-bond donors (Lipinski definition) is 0. The van der Waals surface area contributed by atoms with Gasteiger partial charge < -0.3 is 0 Å². The van der Waals surface area contributed by atoms with E-state index >= 15 is 0 Å². The first kappa shape index (κ1) is 10.8. The Bertz CT molecular complexity index is 408. The highest BCUT2D eigenvalue weighted by Gasteiger charge is 2.23. The lowest BCUT2D eigenvalue weighted by Gasteiger charge is -2.19. The minimum Gasteiger partial charge on any atom is -0.0837 e. The molecule has 0 bridgehead atoms. The molecule has 0 aromatic heterocycles. The SMILES string of the molecule is CC(C)(C)CC1=C(Cl)c2ccccc2C1. The summed E-state index contributed by atoms with van der Waals surface area (Å²) in [4.78, 5) is 0. The van der Waals surface area contributed by atoms with Crippen molar-refractivity contribution >= 4 is 16.6 Å². The number of allylic oxidation sites excluding steroid dienone is 1. The molecule has 0 amide bonds. The summed E-state index contributed by atoms with van der Waals surface area (Å²) in [7, 11) is 0. The highest BCUT2D eigenvalue weighted by atomic mass is 35.5. The van der Waals surface area contributed by atoms with Gasteiger partial charge in [-0.2, -0.15) is 0 Å². The highest BCUT2D eigenvalue weighted by Crippen LogP contribution is 2.40. The van der Waals surface area contributed by atoms with Crippen molar-refractivity contribution in [2.45, 2.75) is 33.6 Å². The Labute approximate surface area is 97.0 Å². The summed E-state index contributed by atoms with van der Waals surface area (Å²) in [5.41, 5.74) is 4.32. The lowest BCUT2D eigenvalue weighted by molar-refractivity contribution is 0.408. The molecular formula is C14H17Cl. The minimum absolute atomic E-state index is 0.317. The van der Waals surface area contributed by atoms with Crippen molar-refractivity contribution in [3.8, 4) is 0 Å². The Balaban J connectivity index is 2.30. The van der Waals surface area contributed by atoms with E-state index in [2.05, 4.69) is 45.0 Å². The number of benzene rings is 1. The van der Waals surface area contributed by atoms with Gasteiger partial charge in [-0.25, -0.2) is 0 Å². The van der Waals surface area contributed by atoms with Crippen LogP contribution in [-0.2, 0) is 6.42 Å². The fourth-order valence-corrected chi connectivity index (χ4v) is 2.48. The van der Waals surface area contributed by atoms with Crippen LogP contribution in [0.2, 0.25) is 0 Å². The van der Waals surface area contributed by atoms with Gasteiger partial charge in [-0.05, 0) is 35.0 Å². The minimum atomic E-state index is 0.317. The van der Waals surface area contributed by atoms with E-state index in [0.717, 1.165) is 17.9 Å². The first-order chi connectivity index (χ1) is 6.97. The zero-order valence-corrected chi connectivity index (χ0v) is 10.4. The summed E-state index contributed by atoms with van der Waals surface area (Å²) in [6.45, 7) is 6.77. The first-order valence-corrected chi connectivity index (χ1v) is 5.81. The third-order valence-electron chi connectivity index (χ3n) is 2.71. The molecule has 80 valence electrons. The van der Waals surface area contributed by atoms with Crippen LogP contribution in [0.5, 0.6) is 0 Å². The van der Waals surface area contributed by atoms with Gasteiger partial charge in [-0.15, -0.1) is 0 Å². The van der Waals surface area contributed by atoms with Gasteiger partial charge >= 0.3 is 0 Å². The van der Waals surface area contributed by atoms with E-state index < -0.39 is 0 Å². The molecule has 0 radical (unpaired) electrons. The van der Waals surface area contributed by atoms with Crippen LogP contribution in [0.15, 0.2) is 29.8 Å². The number of halogens is 1. The van der Waals surface area contributed by atoms with Crippen LogP contribution in [-0.4, -0.2) is 0 Å². The molecule has 15 heavy (non-hydrogen) atoms. The molecule has 0 aliphatic heterocycles. The van der Waals surface area contributed by atoms with Gasteiger partial charge in [-0.1, -0.05) is 56.6 Å². The fraction of sp³-hybridized carbons (Fsp3) is 0.429. The second kappa shape index (κ2) is 3.68. The van der Waals surface area contributed by atoms with E-state index in [9.17, 15) is 0 Å². The molecular weight excluding hydrogens is 204 g/mol. The predicted molar refractivity (Wildman–Crippen MR) is 67.0 cm³/mol. The second-order valence-corrected chi connectivity index (χ2v) is 5.87. The Hall–Kier alpha value is -0.750. The smallest absolute Gasteiger partial charge is 0.0476 e. The van der Waals surface area contributed by atoms with E-state index in [0.29, 0.717) is 5.41 Å².